The van der Waals surface area contributed by atoms with Crippen molar-refractivity contribution in [2.45, 2.75) is 6.42 Å². The van der Waals surface area contributed by atoms with Gasteiger partial charge in [0.2, 0.25) is 5.91 Å². The zero-order valence-electron chi connectivity index (χ0n) is 12.8. The Bertz CT molecular complexity index is 759. The molecule has 0 aliphatic heterocycles. The molecular weight excluding hydrogens is 332 g/mol. The molecule has 0 saturated heterocycles. The third kappa shape index (κ3) is 4.82. The Morgan fingerprint density at radius 2 is 1.67 bits per heavy atom. The number of halogens is 1. The van der Waals surface area contributed by atoms with Crippen molar-refractivity contribution in [2.75, 3.05) is 7.11 Å². The predicted molar refractivity (Wildman–Crippen MR) is 88.5 cm³/mol. The second-order valence-corrected chi connectivity index (χ2v) is 5.31. The van der Waals surface area contributed by atoms with Crippen LogP contribution < -0.4 is 10.9 Å². The second kappa shape index (κ2) is 8.12. The fourth-order valence-electron chi connectivity index (χ4n) is 1.94. The van der Waals surface area contributed by atoms with Gasteiger partial charge in [0.05, 0.1) is 19.1 Å². The van der Waals surface area contributed by atoms with Gasteiger partial charge in [0.1, 0.15) is 0 Å². The molecule has 0 bridgehead atoms. The Balaban J connectivity index is 1.91. The lowest BCUT2D eigenvalue weighted by molar-refractivity contribution is -0.121. The van der Waals surface area contributed by atoms with E-state index in [-0.39, 0.29) is 23.5 Å². The lowest BCUT2D eigenvalue weighted by Gasteiger charge is -2.08. The molecule has 0 spiro atoms. The first-order chi connectivity index (χ1) is 11.5. The van der Waals surface area contributed by atoms with Crippen molar-refractivity contribution in [1.29, 1.82) is 0 Å². The first-order valence-electron chi connectivity index (χ1n) is 7.01. The highest BCUT2D eigenvalue weighted by Crippen LogP contribution is 2.10. The molecule has 0 aliphatic carbocycles. The van der Waals surface area contributed by atoms with Crippen molar-refractivity contribution in [3.8, 4) is 0 Å². The van der Waals surface area contributed by atoms with Gasteiger partial charge in [0.15, 0.2) is 0 Å². The summed E-state index contributed by atoms with van der Waals surface area (Å²) in [4.78, 5) is 35.3. The zero-order chi connectivity index (χ0) is 17.5. The SMILES string of the molecule is COC(=O)c1cccc(C(=O)NNC(=O)Cc2ccc(Cl)cc2)c1. The molecule has 0 saturated carbocycles. The van der Waals surface area contributed by atoms with Crippen LogP contribution in [-0.2, 0) is 16.0 Å². The van der Waals surface area contributed by atoms with E-state index < -0.39 is 11.9 Å². The van der Waals surface area contributed by atoms with Crippen LogP contribution in [0.4, 0.5) is 0 Å². The van der Waals surface area contributed by atoms with Gasteiger partial charge in [-0.05, 0) is 35.9 Å². The lowest BCUT2D eigenvalue weighted by atomic mass is 10.1. The van der Waals surface area contributed by atoms with Gasteiger partial charge < -0.3 is 4.74 Å². The lowest BCUT2D eigenvalue weighted by Crippen LogP contribution is -2.42. The van der Waals surface area contributed by atoms with Crippen LogP contribution in [0.15, 0.2) is 48.5 Å². The molecule has 0 radical (unpaired) electrons. The first-order valence-corrected chi connectivity index (χ1v) is 7.39. The molecule has 124 valence electrons. The largest absolute Gasteiger partial charge is 0.465 e. The number of carbonyl (C=O) groups excluding carboxylic acids is 3. The number of rotatable bonds is 4. The molecule has 2 N–H and O–H groups in total. The number of ether oxygens (including phenoxy) is 1. The zero-order valence-corrected chi connectivity index (χ0v) is 13.6. The van der Waals surface area contributed by atoms with Crippen LogP contribution in [0.3, 0.4) is 0 Å². The minimum atomic E-state index is -0.545. The summed E-state index contributed by atoms with van der Waals surface area (Å²) < 4.78 is 4.59. The number of amides is 2. The maximum atomic E-state index is 12.0. The quantitative estimate of drug-likeness (QED) is 0.656. The number of nitrogens with one attached hydrogen (secondary N) is 2. The summed E-state index contributed by atoms with van der Waals surface area (Å²) in [6, 6.07) is 12.8. The highest BCUT2D eigenvalue weighted by atomic mass is 35.5. The van der Waals surface area contributed by atoms with Crippen LogP contribution >= 0.6 is 11.6 Å². The van der Waals surface area contributed by atoms with Gasteiger partial charge in [-0.25, -0.2) is 4.79 Å². The molecule has 0 fully saturated rings. The van der Waals surface area contributed by atoms with Crippen molar-refractivity contribution in [3.05, 3.63) is 70.2 Å². The number of esters is 1. The van der Waals surface area contributed by atoms with Crippen molar-refractivity contribution in [2.24, 2.45) is 0 Å². The predicted octanol–water partition coefficient (Wildman–Crippen LogP) is 2.13. The molecule has 0 heterocycles. The summed E-state index contributed by atoms with van der Waals surface area (Å²) >= 11 is 5.77. The highest BCUT2D eigenvalue weighted by molar-refractivity contribution is 6.30. The highest BCUT2D eigenvalue weighted by Gasteiger charge is 2.11. The maximum absolute atomic E-state index is 12.0. The van der Waals surface area contributed by atoms with Crippen molar-refractivity contribution in [3.63, 3.8) is 0 Å². The fourth-order valence-corrected chi connectivity index (χ4v) is 2.06. The van der Waals surface area contributed by atoms with Gasteiger partial charge in [-0.1, -0.05) is 29.8 Å². The standard InChI is InChI=1S/C17H15ClN2O4/c1-24-17(23)13-4-2-3-12(10-13)16(22)20-19-15(21)9-11-5-7-14(18)8-6-11/h2-8,10H,9H2,1H3,(H,19,21)(H,20,22). The van der Waals surface area contributed by atoms with E-state index in [9.17, 15) is 14.4 Å². The molecule has 2 amide bonds. The Labute approximate surface area is 143 Å². The third-order valence-electron chi connectivity index (χ3n) is 3.14. The summed E-state index contributed by atoms with van der Waals surface area (Å²) in [5.41, 5.74) is 5.85. The fraction of sp³-hybridized carbons (Fsp3) is 0.118. The van der Waals surface area contributed by atoms with Crippen LogP contribution in [-0.4, -0.2) is 24.9 Å². The average Bonchev–Trinajstić information content (AvgIpc) is 2.61. The minimum Gasteiger partial charge on any atom is -0.465 e. The Morgan fingerprint density at radius 1 is 1.00 bits per heavy atom. The molecule has 6 nitrogen and oxygen atoms in total. The number of hydrogen-bond acceptors (Lipinski definition) is 4. The van der Waals surface area contributed by atoms with Gasteiger partial charge >= 0.3 is 5.97 Å². The molecule has 0 aromatic heterocycles. The van der Waals surface area contributed by atoms with Gasteiger partial charge in [0, 0.05) is 10.6 Å². The first kappa shape index (κ1) is 17.5. The number of benzene rings is 2. The summed E-state index contributed by atoms with van der Waals surface area (Å²) in [5, 5.41) is 0.581. The van der Waals surface area contributed by atoms with E-state index in [1.165, 1.54) is 25.3 Å². The molecule has 0 unspecified atom stereocenters. The van der Waals surface area contributed by atoms with Crippen LogP contribution in [0.5, 0.6) is 0 Å². The summed E-state index contributed by atoms with van der Waals surface area (Å²) in [7, 11) is 1.26. The van der Waals surface area contributed by atoms with E-state index >= 15 is 0 Å². The Hall–Kier alpha value is -2.86. The smallest absolute Gasteiger partial charge is 0.337 e. The van der Waals surface area contributed by atoms with E-state index in [0.29, 0.717) is 5.02 Å². The van der Waals surface area contributed by atoms with Gasteiger partial charge in [-0.3, -0.25) is 20.4 Å². The van der Waals surface area contributed by atoms with Gasteiger partial charge in [-0.15, -0.1) is 0 Å². The number of hydrogen-bond donors (Lipinski definition) is 2. The Kier molecular flexibility index (Phi) is 5.92. The molecule has 2 aromatic carbocycles. The summed E-state index contributed by atoms with van der Waals surface area (Å²) in [5.74, 6) is -1.46. The van der Waals surface area contributed by atoms with E-state index in [1.54, 1.807) is 30.3 Å². The van der Waals surface area contributed by atoms with E-state index in [2.05, 4.69) is 15.6 Å². The number of carbonyl (C=O) groups is 3. The van der Waals surface area contributed by atoms with Crippen molar-refractivity contribution in [1.82, 2.24) is 10.9 Å². The summed E-state index contributed by atoms with van der Waals surface area (Å²) in [6.45, 7) is 0. The molecule has 7 heteroatoms. The molecule has 24 heavy (non-hydrogen) atoms. The van der Waals surface area contributed by atoms with Crippen LogP contribution in [0.25, 0.3) is 0 Å². The normalized spacial score (nSPS) is 9.92. The maximum Gasteiger partial charge on any atom is 0.337 e. The Morgan fingerprint density at radius 3 is 2.33 bits per heavy atom. The van der Waals surface area contributed by atoms with Crippen molar-refractivity contribution >= 4 is 29.4 Å². The minimum absolute atomic E-state index is 0.0969. The second-order valence-electron chi connectivity index (χ2n) is 4.88. The topological polar surface area (TPSA) is 84.5 Å². The van der Waals surface area contributed by atoms with Crippen LogP contribution in [0, 0.1) is 0 Å². The van der Waals surface area contributed by atoms with Crippen LogP contribution in [0.2, 0.25) is 5.02 Å². The molecule has 2 aromatic rings. The molecule has 0 aliphatic rings. The van der Waals surface area contributed by atoms with E-state index in [0.717, 1.165) is 5.56 Å². The monoisotopic (exact) mass is 346 g/mol. The number of hydrazine groups is 1. The summed E-state index contributed by atoms with van der Waals surface area (Å²) in [6.07, 6.45) is 0.0969. The van der Waals surface area contributed by atoms with Crippen LogP contribution in [0.1, 0.15) is 26.3 Å². The van der Waals surface area contributed by atoms with E-state index in [1.807, 2.05) is 0 Å². The molecule has 0 atom stereocenters. The molecular formula is C17H15ClN2O4. The number of methoxy groups -OCH3 is 1. The van der Waals surface area contributed by atoms with Crippen molar-refractivity contribution < 1.29 is 19.1 Å². The van der Waals surface area contributed by atoms with Gasteiger partial charge in [-0.2, -0.15) is 0 Å². The third-order valence-corrected chi connectivity index (χ3v) is 3.39. The average molecular weight is 347 g/mol. The van der Waals surface area contributed by atoms with E-state index in [4.69, 9.17) is 11.6 Å². The van der Waals surface area contributed by atoms with Gasteiger partial charge in [0.25, 0.3) is 5.91 Å². The molecule has 2 rings (SSSR count).